The molecule has 0 spiro atoms. The van der Waals surface area contributed by atoms with E-state index in [-0.39, 0.29) is 17.7 Å². The molecular weight excluding hydrogens is 212 g/mol. The molecule has 1 heterocycles. The average molecular weight is 224 g/mol. The highest BCUT2D eigenvalue weighted by atomic mass is 32.1. The second kappa shape index (κ2) is 4.44. The van der Waals surface area contributed by atoms with Gasteiger partial charge in [0.2, 0.25) is 5.91 Å². The van der Waals surface area contributed by atoms with Gasteiger partial charge in [-0.3, -0.25) is 20.4 Å². The lowest BCUT2D eigenvalue weighted by Crippen LogP contribution is -2.45. The smallest absolute Gasteiger partial charge is 0.273 e. The highest BCUT2D eigenvalue weighted by molar-refractivity contribution is 7.12. The van der Waals surface area contributed by atoms with Gasteiger partial charge in [0.15, 0.2) is 0 Å². The van der Waals surface area contributed by atoms with Crippen LogP contribution in [0.3, 0.4) is 0 Å². The maximum absolute atomic E-state index is 11.4. The number of nitrogens with one attached hydrogen (secondary N) is 2. The van der Waals surface area contributed by atoms with Gasteiger partial charge < -0.3 is 0 Å². The minimum Gasteiger partial charge on any atom is -0.273 e. The number of hydrazine groups is 1. The van der Waals surface area contributed by atoms with E-state index in [0.717, 1.165) is 19.3 Å². The molecule has 2 N–H and O–H groups in total. The summed E-state index contributed by atoms with van der Waals surface area (Å²) in [6.45, 7) is 0. The summed E-state index contributed by atoms with van der Waals surface area (Å²) in [6, 6.07) is 3.52. The second-order valence-corrected chi connectivity index (χ2v) is 4.50. The van der Waals surface area contributed by atoms with E-state index in [9.17, 15) is 9.59 Å². The van der Waals surface area contributed by atoms with Crippen LogP contribution in [-0.4, -0.2) is 11.8 Å². The van der Waals surface area contributed by atoms with Crippen LogP contribution in [0.2, 0.25) is 0 Å². The lowest BCUT2D eigenvalue weighted by atomic mass is 9.85. The molecule has 0 saturated heterocycles. The summed E-state index contributed by atoms with van der Waals surface area (Å²) >= 11 is 1.35. The Morgan fingerprint density at radius 2 is 2.13 bits per heavy atom. The fourth-order valence-corrected chi connectivity index (χ4v) is 1.98. The van der Waals surface area contributed by atoms with E-state index in [1.807, 2.05) is 5.38 Å². The van der Waals surface area contributed by atoms with Gasteiger partial charge in [0.05, 0.1) is 4.88 Å². The minimum atomic E-state index is -0.252. The standard InChI is InChI=1S/C10H12N2O2S/c13-9(7-3-1-4-7)11-12-10(14)8-5-2-6-15-8/h2,5-7H,1,3-4H2,(H,11,13)(H,12,14). The van der Waals surface area contributed by atoms with E-state index in [1.165, 1.54) is 11.3 Å². The molecule has 1 aliphatic rings. The van der Waals surface area contributed by atoms with Crippen molar-refractivity contribution in [3.8, 4) is 0 Å². The van der Waals surface area contributed by atoms with Crippen molar-refractivity contribution < 1.29 is 9.59 Å². The maximum atomic E-state index is 11.4. The van der Waals surface area contributed by atoms with E-state index in [2.05, 4.69) is 10.9 Å². The Kier molecular flexibility index (Phi) is 3.01. The van der Waals surface area contributed by atoms with Crippen molar-refractivity contribution in [3.63, 3.8) is 0 Å². The van der Waals surface area contributed by atoms with Gasteiger partial charge in [-0.15, -0.1) is 11.3 Å². The molecule has 4 nitrogen and oxygen atoms in total. The van der Waals surface area contributed by atoms with Crippen LogP contribution in [0, 0.1) is 5.92 Å². The molecule has 0 atom stereocenters. The maximum Gasteiger partial charge on any atom is 0.279 e. The highest BCUT2D eigenvalue weighted by Gasteiger charge is 2.25. The number of hydrogen-bond acceptors (Lipinski definition) is 3. The molecule has 0 aromatic carbocycles. The number of hydrogen-bond donors (Lipinski definition) is 2. The summed E-state index contributed by atoms with van der Waals surface area (Å²) in [5.41, 5.74) is 4.85. The first-order chi connectivity index (χ1) is 7.27. The molecule has 1 aliphatic carbocycles. The predicted octanol–water partition coefficient (Wildman–Crippen LogP) is 1.31. The van der Waals surface area contributed by atoms with E-state index < -0.39 is 0 Å². The summed E-state index contributed by atoms with van der Waals surface area (Å²) in [5.74, 6) is -0.238. The van der Waals surface area contributed by atoms with E-state index in [4.69, 9.17) is 0 Å². The topological polar surface area (TPSA) is 58.2 Å². The zero-order valence-corrected chi connectivity index (χ0v) is 8.97. The van der Waals surface area contributed by atoms with Gasteiger partial charge >= 0.3 is 0 Å². The quantitative estimate of drug-likeness (QED) is 0.744. The van der Waals surface area contributed by atoms with E-state index >= 15 is 0 Å². The number of rotatable bonds is 2. The third kappa shape index (κ3) is 2.36. The van der Waals surface area contributed by atoms with Gasteiger partial charge in [-0.05, 0) is 24.3 Å². The summed E-state index contributed by atoms with van der Waals surface area (Å²) in [7, 11) is 0. The average Bonchev–Trinajstić information content (AvgIpc) is 2.63. The summed E-state index contributed by atoms with van der Waals surface area (Å²) < 4.78 is 0. The number of thiophene rings is 1. The third-order valence-corrected chi connectivity index (χ3v) is 3.39. The molecule has 1 saturated carbocycles. The zero-order chi connectivity index (χ0) is 10.7. The van der Waals surface area contributed by atoms with Gasteiger partial charge in [-0.25, -0.2) is 0 Å². The van der Waals surface area contributed by atoms with Crippen molar-refractivity contribution in [3.05, 3.63) is 22.4 Å². The van der Waals surface area contributed by atoms with Crippen molar-refractivity contribution in [2.24, 2.45) is 5.92 Å². The molecule has 0 unspecified atom stereocenters. The molecule has 0 bridgehead atoms. The summed E-state index contributed by atoms with van der Waals surface area (Å²) in [6.07, 6.45) is 2.97. The van der Waals surface area contributed by atoms with Crippen LogP contribution in [0.15, 0.2) is 17.5 Å². The van der Waals surface area contributed by atoms with Crippen LogP contribution in [0.1, 0.15) is 28.9 Å². The predicted molar refractivity (Wildman–Crippen MR) is 57.3 cm³/mol. The Morgan fingerprint density at radius 3 is 2.67 bits per heavy atom. The zero-order valence-electron chi connectivity index (χ0n) is 8.16. The van der Waals surface area contributed by atoms with Crippen molar-refractivity contribution in [2.75, 3.05) is 0 Å². The normalized spacial score (nSPS) is 15.5. The lowest BCUT2D eigenvalue weighted by Gasteiger charge is -2.23. The first-order valence-electron chi connectivity index (χ1n) is 4.91. The molecule has 80 valence electrons. The SMILES string of the molecule is O=C(NNC(=O)C1CCC1)c1cccs1. The molecule has 1 fully saturated rings. The van der Waals surface area contributed by atoms with Crippen molar-refractivity contribution in [2.45, 2.75) is 19.3 Å². The van der Waals surface area contributed by atoms with Gasteiger partial charge in [-0.1, -0.05) is 12.5 Å². The number of carbonyl (C=O) groups excluding carboxylic acids is 2. The number of amides is 2. The van der Waals surface area contributed by atoms with Gasteiger partial charge in [-0.2, -0.15) is 0 Å². The van der Waals surface area contributed by atoms with Crippen molar-refractivity contribution in [1.29, 1.82) is 0 Å². The van der Waals surface area contributed by atoms with Crippen molar-refractivity contribution in [1.82, 2.24) is 10.9 Å². The van der Waals surface area contributed by atoms with Crippen molar-refractivity contribution >= 4 is 23.2 Å². The molecular formula is C10H12N2O2S. The minimum absolute atomic E-state index is 0.0776. The molecule has 0 aliphatic heterocycles. The third-order valence-electron chi connectivity index (χ3n) is 2.52. The Bertz CT molecular complexity index is 358. The van der Waals surface area contributed by atoms with E-state index in [0.29, 0.717) is 4.88 Å². The fraction of sp³-hybridized carbons (Fsp3) is 0.400. The highest BCUT2D eigenvalue weighted by Crippen LogP contribution is 2.25. The van der Waals surface area contributed by atoms with Crippen LogP contribution in [0.5, 0.6) is 0 Å². The van der Waals surface area contributed by atoms with Gasteiger partial charge in [0.1, 0.15) is 0 Å². The molecule has 15 heavy (non-hydrogen) atoms. The first-order valence-corrected chi connectivity index (χ1v) is 5.79. The molecule has 5 heteroatoms. The largest absolute Gasteiger partial charge is 0.279 e. The molecule has 0 radical (unpaired) electrons. The Morgan fingerprint density at radius 1 is 1.33 bits per heavy atom. The Labute approximate surface area is 91.6 Å². The molecule has 1 aromatic rings. The number of carbonyl (C=O) groups is 2. The van der Waals surface area contributed by atoms with Gasteiger partial charge in [0.25, 0.3) is 5.91 Å². The van der Waals surface area contributed by atoms with Crippen LogP contribution < -0.4 is 10.9 Å². The van der Waals surface area contributed by atoms with Crippen LogP contribution in [0.25, 0.3) is 0 Å². The first kappa shape index (κ1) is 10.2. The lowest BCUT2D eigenvalue weighted by molar-refractivity contribution is -0.128. The monoisotopic (exact) mass is 224 g/mol. The second-order valence-electron chi connectivity index (χ2n) is 3.55. The van der Waals surface area contributed by atoms with Gasteiger partial charge in [0, 0.05) is 5.92 Å². The van der Waals surface area contributed by atoms with Crippen LogP contribution in [-0.2, 0) is 4.79 Å². The summed E-state index contributed by atoms with van der Waals surface area (Å²) in [4.78, 5) is 23.4. The summed E-state index contributed by atoms with van der Waals surface area (Å²) in [5, 5.41) is 1.82. The Balaban J connectivity index is 1.78. The molecule has 2 rings (SSSR count). The van der Waals surface area contributed by atoms with Crippen LogP contribution >= 0.6 is 11.3 Å². The Hall–Kier alpha value is -1.36. The fourth-order valence-electron chi connectivity index (χ4n) is 1.36. The molecule has 2 amide bonds. The van der Waals surface area contributed by atoms with Crippen LogP contribution in [0.4, 0.5) is 0 Å². The van der Waals surface area contributed by atoms with E-state index in [1.54, 1.807) is 12.1 Å². The molecule has 1 aromatic heterocycles.